The van der Waals surface area contributed by atoms with Crippen LogP contribution < -0.4 is 10.7 Å². The average molecular weight is 914 g/mol. The van der Waals surface area contributed by atoms with E-state index in [0.29, 0.717) is 73.1 Å². The van der Waals surface area contributed by atoms with E-state index in [9.17, 15) is 19.2 Å². The summed E-state index contributed by atoms with van der Waals surface area (Å²) in [6, 6.07) is 9.33. The molecule has 64 heavy (non-hydrogen) atoms. The first-order valence-electron chi connectivity index (χ1n) is 22.8. The van der Waals surface area contributed by atoms with Gasteiger partial charge in [0.1, 0.15) is 22.3 Å². The van der Waals surface area contributed by atoms with E-state index < -0.39 is 12.1 Å². The number of pyridine rings is 1. The Morgan fingerprint density at radius 2 is 1.86 bits per heavy atom. The lowest BCUT2D eigenvalue weighted by Crippen LogP contribution is -2.69. The van der Waals surface area contributed by atoms with Gasteiger partial charge in [-0.3, -0.25) is 29.3 Å². The number of piperazine rings is 1. The van der Waals surface area contributed by atoms with Crippen molar-refractivity contribution < 1.29 is 28.7 Å². The van der Waals surface area contributed by atoms with Gasteiger partial charge in [0.2, 0.25) is 5.91 Å². The Morgan fingerprint density at radius 3 is 2.50 bits per heavy atom. The molecule has 5 atom stereocenters. The first-order chi connectivity index (χ1) is 30.5. The second kappa shape index (κ2) is 19.8. The highest BCUT2D eigenvalue weighted by atomic mass is 32.1. The third kappa shape index (κ3) is 9.93. The van der Waals surface area contributed by atoms with Crippen LogP contribution in [0.2, 0.25) is 0 Å². The molecule has 0 aliphatic carbocycles. The minimum atomic E-state index is -0.904. The number of rotatable bonds is 16. The Balaban J connectivity index is 1.20. The van der Waals surface area contributed by atoms with Crippen molar-refractivity contribution in [3.8, 4) is 22.5 Å². The van der Waals surface area contributed by atoms with Gasteiger partial charge in [0.05, 0.1) is 34.8 Å². The normalized spacial score (nSPS) is 19.3. The van der Waals surface area contributed by atoms with E-state index in [1.54, 1.807) is 30.3 Å². The zero-order valence-corrected chi connectivity index (χ0v) is 42.1. The van der Waals surface area contributed by atoms with Crippen LogP contribution in [-0.4, -0.2) is 146 Å². The van der Waals surface area contributed by atoms with Crippen LogP contribution in [0.1, 0.15) is 83.2 Å². The molecule has 4 aromatic rings. The predicted octanol–water partition coefficient (Wildman–Crippen LogP) is 5.24. The summed E-state index contributed by atoms with van der Waals surface area (Å²) in [4.78, 5) is 70.1. The molecule has 0 saturated carbocycles. The molecule has 4 aliphatic heterocycles. The number of thiazole rings is 1. The smallest absolute Gasteiger partial charge is 0.320 e. The van der Waals surface area contributed by atoms with E-state index in [2.05, 4.69) is 72.3 Å². The number of hydrogen-bond donors (Lipinski definition) is 2. The topological polar surface area (TPSA) is 154 Å². The zero-order valence-electron chi connectivity index (χ0n) is 39.3. The van der Waals surface area contributed by atoms with E-state index in [1.807, 2.05) is 37.1 Å². The van der Waals surface area contributed by atoms with Gasteiger partial charge in [-0.1, -0.05) is 33.8 Å². The fourth-order valence-corrected chi connectivity index (χ4v) is 10.7. The van der Waals surface area contributed by atoms with E-state index in [1.165, 1.54) is 11.3 Å². The number of amides is 4. The molecule has 346 valence electrons. The van der Waals surface area contributed by atoms with Crippen molar-refractivity contribution in [3.05, 3.63) is 58.2 Å². The van der Waals surface area contributed by atoms with Crippen LogP contribution in [0, 0.1) is 11.3 Å². The van der Waals surface area contributed by atoms with Crippen molar-refractivity contribution in [1.82, 2.24) is 45.0 Å². The van der Waals surface area contributed by atoms with Crippen LogP contribution in [0.3, 0.4) is 0 Å². The maximum Gasteiger partial charge on any atom is 0.320 e. The number of benzene rings is 1. The number of urea groups is 1. The Bertz CT molecular complexity index is 2330. The third-order valence-electron chi connectivity index (χ3n) is 13.3. The molecule has 15 nitrogen and oxygen atoms in total. The molecule has 4 fully saturated rings. The predicted molar refractivity (Wildman–Crippen MR) is 254 cm³/mol. The monoisotopic (exact) mass is 913 g/mol. The fourth-order valence-electron chi connectivity index (χ4n) is 9.73. The molecule has 2 unspecified atom stereocenters. The summed E-state index contributed by atoms with van der Waals surface area (Å²) in [5, 5.41) is 8.51. The molecule has 4 aliphatic rings. The highest BCUT2D eigenvalue weighted by Gasteiger charge is 2.45. The summed E-state index contributed by atoms with van der Waals surface area (Å²) < 4.78 is 13.8. The van der Waals surface area contributed by atoms with Gasteiger partial charge < -0.3 is 29.2 Å². The number of aryl methyl sites for hydroxylation is 1. The number of methoxy groups -OCH3 is 1. The number of fused-ring (bicyclic) bond motifs is 3. The minimum absolute atomic E-state index is 0.164. The molecule has 2 bridgehead atoms. The molecule has 17 heteroatoms. The first-order valence-corrected chi connectivity index (χ1v) is 24.7. The second-order valence-electron chi connectivity index (χ2n) is 18.9. The highest BCUT2D eigenvalue weighted by Crippen LogP contribution is 2.42. The Labute approximate surface area is 384 Å². The Morgan fingerprint density at radius 1 is 1.11 bits per heavy atom. The number of nitrogens with zero attached hydrogens (tertiary/aromatic N) is 7. The van der Waals surface area contributed by atoms with Crippen LogP contribution in [0.25, 0.3) is 33.4 Å². The zero-order chi connectivity index (χ0) is 46.0. The summed E-state index contributed by atoms with van der Waals surface area (Å²) in [7, 11) is 5.82. The number of hydrogen-bond acceptors (Lipinski definition) is 11. The Kier molecular flexibility index (Phi) is 14.6. The molecule has 0 radical (unpaired) electrons. The number of likely N-dealkylation sites (N-methyl/N-ethyl adjacent to an activating group) is 2. The van der Waals surface area contributed by atoms with Gasteiger partial charge in [-0.15, -0.1) is 11.3 Å². The van der Waals surface area contributed by atoms with Crippen molar-refractivity contribution in [2.24, 2.45) is 11.3 Å². The van der Waals surface area contributed by atoms with E-state index in [-0.39, 0.29) is 47.3 Å². The number of nitrogens with one attached hydrogen (secondary N) is 2. The van der Waals surface area contributed by atoms with Gasteiger partial charge in [0, 0.05) is 104 Å². The maximum atomic E-state index is 14.3. The lowest BCUT2D eigenvalue weighted by Gasteiger charge is -2.55. The largest absolute Gasteiger partial charge is 0.470 e. The van der Waals surface area contributed by atoms with Crippen LogP contribution in [0.15, 0.2) is 41.9 Å². The summed E-state index contributed by atoms with van der Waals surface area (Å²) in [6.45, 7) is 15.8. The lowest BCUT2D eigenvalue weighted by molar-refractivity contribution is -0.141. The standard InChI is InChI=1S/C47H67N9O6SSi/c1-10-55-38-16-15-30(20-34(38)35(23-47(5,6)27-62-46(60)64)42(55)33-14-13-17-48-40(33)29(4)61-9)37-26-63-39(50-37)22-36(44(58)56-19-12-11-18-49-56)51-43(57)41(28(2)3)53(8)45(59)54-24-31-21-32(25-54)52(31)7/h13-17,20,26,28-29,31-32,36,41,49H,10-12,18-19,21-25,27H2,1-9,64H3,(H,51,57)/t29-,31?,32?,36-,41-/m0/s1. The van der Waals surface area contributed by atoms with Gasteiger partial charge in [-0.05, 0) is 82.3 Å². The second-order valence-corrected chi connectivity index (χ2v) is 20.7. The summed E-state index contributed by atoms with van der Waals surface area (Å²) in [6.07, 6.45) is 5.29. The number of piperidine rings is 1. The van der Waals surface area contributed by atoms with Crippen molar-refractivity contribution in [2.45, 2.75) is 110 Å². The van der Waals surface area contributed by atoms with Gasteiger partial charge in [-0.2, -0.15) is 0 Å². The quantitative estimate of drug-likeness (QED) is 0.143. The van der Waals surface area contributed by atoms with Gasteiger partial charge in [0.25, 0.3) is 11.5 Å². The molecule has 8 rings (SSSR count). The fraction of sp³-hybridized carbons (Fsp3) is 0.574. The number of hydrazine groups is 1. The number of aromatic nitrogens is 3. The SMILES string of the molecule is CCn1c(-c2cccnc2[C@H](C)OC)c(CC(C)(C)COC(=O)[SiH3])c2cc(-c3csc(C[C@H](NC(=O)[C@H](C(C)C)N(C)C(=O)N4CC5CC(C4)N5C)C(=O)N4CCCCN4)n3)ccc21. The first kappa shape index (κ1) is 47.3. The molecule has 3 aromatic heterocycles. The number of carbonyl (C=O) groups excluding carboxylic acids is 4. The van der Waals surface area contributed by atoms with Crippen molar-refractivity contribution in [2.75, 3.05) is 54.0 Å². The van der Waals surface area contributed by atoms with E-state index >= 15 is 0 Å². The average Bonchev–Trinajstić information content (AvgIpc) is 3.88. The molecule has 4 saturated heterocycles. The molecular formula is C47H67N9O6SSi. The molecule has 7 heterocycles. The van der Waals surface area contributed by atoms with Gasteiger partial charge in [0.15, 0.2) is 0 Å². The third-order valence-corrected chi connectivity index (χ3v) is 14.5. The van der Waals surface area contributed by atoms with Crippen molar-refractivity contribution in [3.63, 3.8) is 0 Å². The van der Waals surface area contributed by atoms with Crippen LogP contribution >= 0.6 is 11.3 Å². The molecule has 1 aromatic carbocycles. The lowest BCUT2D eigenvalue weighted by atomic mass is 9.84. The van der Waals surface area contributed by atoms with Crippen LogP contribution in [0.5, 0.6) is 0 Å². The van der Waals surface area contributed by atoms with Gasteiger partial charge >= 0.3 is 6.03 Å². The molecule has 0 spiro atoms. The van der Waals surface area contributed by atoms with Gasteiger partial charge in [-0.25, -0.2) is 15.2 Å². The highest BCUT2D eigenvalue weighted by molar-refractivity contribution is 7.10. The van der Waals surface area contributed by atoms with Crippen molar-refractivity contribution >= 4 is 55.9 Å². The maximum absolute atomic E-state index is 14.3. The minimum Gasteiger partial charge on any atom is -0.470 e. The number of ether oxygens (including phenoxy) is 2. The Hall–Kier alpha value is -4.68. The molecule has 4 amide bonds. The summed E-state index contributed by atoms with van der Waals surface area (Å²) >= 11 is 1.46. The van der Waals surface area contributed by atoms with Crippen LogP contribution in [-0.2, 0) is 38.4 Å². The van der Waals surface area contributed by atoms with Crippen molar-refractivity contribution in [1.29, 1.82) is 0 Å². The molecular weight excluding hydrogens is 847 g/mol. The summed E-state index contributed by atoms with van der Waals surface area (Å²) in [5.41, 5.74) is 9.44. The van der Waals surface area contributed by atoms with Crippen LogP contribution in [0.4, 0.5) is 9.59 Å². The van der Waals surface area contributed by atoms with E-state index in [4.69, 9.17) is 19.4 Å². The van der Waals surface area contributed by atoms with E-state index in [0.717, 1.165) is 63.9 Å². The number of carbonyl (C=O) groups is 4. The molecule has 2 N–H and O–H groups in total. The summed E-state index contributed by atoms with van der Waals surface area (Å²) in [5.74, 6) is -0.783.